The molecule has 0 aliphatic rings. The molecule has 1 heterocycles. The fourth-order valence-electron chi connectivity index (χ4n) is 1.51. The van der Waals surface area contributed by atoms with Crippen LogP contribution in [0, 0.1) is 0 Å². The van der Waals surface area contributed by atoms with E-state index in [4.69, 9.17) is 5.73 Å². The minimum Gasteiger partial charge on any atom is -0.329 e. The second kappa shape index (κ2) is 6.87. The zero-order chi connectivity index (χ0) is 11.1. The van der Waals surface area contributed by atoms with Gasteiger partial charge in [-0.1, -0.05) is 24.8 Å². The molecule has 5 heteroatoms. The van der Waals surface area contributed by atoms with Crippen LogP contribution in [0.15, 0.2) is 0 Å². The first kappa shape index (κ1) is 12.5. The number of aryl methyl sites for hydroxylation is 1. The summed E-state index contributed by atoms with van der Waals surface area (Å²) in [5.41, 5.74) is 6.73. The van der Waals surface area contributed by atoms with E-state index in [1.54, 1.807) is 0 Å². The van der Waals surface area contributed by atoms with E-state index in [0.717, 1.165) is 38.2 Å². The summed E-state index contributed by atoms with van der Waals surface area (Å²) < 4.78 is 4.02. The molecule has 1 rings (SSSR count). The van der Waals surface area contributed by atoms with Crippen LogP contribution < -0.4 is 5.73 Å². The van der Waals surface area contributed by atoms with Gasteiger partial charge in [0.25, 0.3) is 0 Å². The second-order valence-corrected chi connectivity index (χ2v) is 4.39. The van der Waals surface area contributed by atoms with E-state index in [0.29, 0.717) is 6.54 Å². The van der Waals surface area contributed by atoms with Crippen molar-refractivity contribution in [2.24, 2.45) is 5.73 Å². The van der Waals surface area contributed by atoms with Crippen molar-refractivity contribution in [3.05, 3.63) is 10.6 Å². The quantitative estimate of drug-likeness (QED) is 0.763. The summed E-state index contributed by atoms with van der Waals surface area (Å²) in [6.07, 6.45) is 2.16. The lowest BCUT2D eigenvalue weighted by molar-refractivity contribution is 0.289. The zero-order valence-corrected chi connectivity index (χ0v) is 10.4. The van der Waals surface area contributed by atoms with Crippen LogP contribution in [-0.2, 0) is 13.0 Å². The molecule has 0 saturated carbocycles. The molecule has 0 aliphatic heterocycles. The van der Waals surface area contributed by atoms with E-state index in [1.165, 1.54) is 16.4 Å². The largest absolute Gasteiger partial charge is 0.329 e. The van der Waals surface area contributed by atoms with Gasteiger partial charge in [0.05, 0.1) is 10.6 Å². The number of hydrogen-bond donors (Lipinski definition) is 1. The van der Waals surface area contributed by atoms with E-state index in [1.807, 2.05) is 0 Å². The standard InChI is InChI=1S/C10H20N4S/c1-3-5-9-10(15-13-12-9)8-14(4-2)7-6-11/h3-8,11H2,1-2H3. The van der Waals surface area contributed by atoms with Gasteiger partial charge >= 0.3 is 0 Å². The monoisotopic (exact) mass is 228 g/mol. The van der Waals surface area contributed by atoms with Crippen LogP contribution in [0.4, 0.5) is 0 Å². The van der Waals surface area contributed by atoms with Gasteiger partial charge in [0.15, 0.2) is 0 Å². The Morgan fingerprint density at radius 2 is 2.20 bits per heavy atom. The minimum absolute atomic E-state index is 0.711. The van der Waals surface area contributed by atoms with Gasteiger partial charge < -0.3 is 5.73 Å². The van der Waals surface area contributed by atoms with Crippen molar-refractivity contribution < 1.29 is 0 Å². The number of nitrogens with two attached hydrogens (primary N) is 1. The van der Waals surface area contributed by atoms with Crippen LogP contribution in [0.3, 0.4) is 0 Å². The maximum Gasteiger partial charge on any atom is 0.0800 e. The average molecular weight is 228 g/mol. The third-order valence-corrected chi connectivity index (χ3v) is 3.13. The Balaban J connectivity index is 2.57. The lowest BCUT2D eigenvalue weighted by Gasteiger charge is -2.18. The van der Waals surface area contributed by atoms with Crippen molar-refractivity contribution in [3.8, 4) is 0 Å². The second-order valence-electron chi connectivity index (χ2n) is 3.55. The van der Waals surface area contributed by atoms with Gasteiger partial charge in [-0.3, -0.25) is 4.90 Å². The summed E-state index contributed by atoms with van der Waals surface area (Å²) in [5.74, 6) is 0. The Morgan fingerprint density at radius 1 is 1.40 bits per heavy atom. The molecule has 0 radical (unpaired) electrons. The highest BCUT2D eigenvalue weighted by atomic mass is 32.1. The smallest absolute Gasteiger partial charge is 0.0800 e. The fraction of sp³-hybridized carbons (Fsp3) is 0.800. The molecule has 1 aromatic heterocycles. The Labute approximate surface area is 95.6 Å². The number of aromatic nitrogens is 2. The van der Waals surface area contributed by atoms with Crippen LogP contribution in [0.2, 0.25) is 0 Å². The highest BCUT2D eigenvalue weighted by molar-refractivity contribution is 7.05. The number of likely N-dealkylation sites (N-methyl/N-ethyl adjacent to an activating group) is 1. The van der Waals surface area contributed by atoms with Gasteiger partial charge in [0.2, 0.25) is 0 Å². The van der Waals surface area contributed by atoms with E-state index in [-0.39, 0.29) is 0 Å². The maximum absolute atomic E-state index is 5.56. The molecular weight excluding hydrogens is 208 g/mol. The molecule has 0 amide bonds. The molecule has 2 N–H and O–H groups in total. The molecular formula is C10H20N4S. The third kappa shape index (κ3) is 3.85. The molecule has 0 spiro atoms. The van der Waals surface area contributed by atoms with Crippen molar-refractivity contribution in [1.29, 1.82) is 0 Å². The molecule has 0 fully saturated rings. The number of rotatable bonds is 7. The Hall–Kier alpha value is -0.520. The van der Waals surface area contributed by atoms with Crippen LogP contribution in [0.25, 0.3) is 0 Å². The Bertz CT molecular complexity index is 274. The first-order chi connectivity index (χ1) is 7.31. The lowest BCUT2D eigenvalue weighted by atomic mass is 10.2. The molecule has 0 aliphatic carbocycles. The highest BCUT2D eigenvalue weighted by Gasteiger charge is 2.10. The number of hydrogen-bond acceptors (Lipinski definition) is 5. The van der Waals surface area contributed by atoms with E-state index >= 15 is 0 Å². The van der Waals surface area contributed by atoms with E-state index in [9.17, 15) is 0 Å². The zero-order valence-electron chi connectivity index (χ0n) is 9.57. The van der Waals surface area contributed by atoms with Gasteiger partial charge in [-0.2, -0.15) is 0 Å². The molecule has 0 saturated heterocycles. The summed E-state index contributed by atoms with van der Waals surface area (Å²) in [6.45, 7) is 7.95. The predicted molar refractivity (Wildman–Crippen MR) is 63.9 cm³/mol. The Kier molecular flexibility index (Phi) is 5.75. The molecule has 1 aromatic rings. The van der Waals surface area contributed by atoms with E-state index < -0.39 is 0 Å². The summed E-state index contributed by atoms with van der Waals surface area (Å²) in [4.78, 5) is 3.63. The number of nitrogens with zero attached hydrogens (tertiary/aromatic N) is 3. The van der Waals surface area contributed by atoms with Crippen LogP contribution in [0.5, 0.6) is 0 Å². The first-order valence-corrected chi connectivity index (χ1v) is 6.31. The topological polar surface area (TPSA) is 55.0 Å². The third-order valence-electron chi connectivity index (χ3n) is 2.38. The maximum atomic E-state index is 5.56. The van der Waals surface area contributed by atoms with Crippen LogP contribution in [0.1, 0.15) is 30.8 Å². The van der Waals surface area contributed by atoms with Crippen molar-refractivity contribution in [2.45, 2.75) is 33.2 Å². The predicted octanol–water partition coefficient (Wildman–Crippen LogP) is 1.27. The summed E-state index contributed by atoms with van der Waals surface area (Å²) >= 11 is 1.52. The minimum atomic E-state index is 0.711. The van der Waals surface area contributed by atoms with Crippen molar-refractivity contribution >= 4 is 11.5 Å². The Morgan fingerprint density at radius 3 is 2.80 bits per heavy atom. The van der Waals surface area contributed by atoms with Gasteiger partial charge in [-0.15, -0.1) is 5.10 Å². The van der Waals surface area contributed by atoms with Gasteiger partial charge in [-0.25, -0.2) is 0 Å². The van der Waals surface area contributed by atoms with Crippen molar-refractivity contribution in [3.63, 3.8) is 0 Å². The van der Waals surface area contributed by atoms with Crippen LogP contribution in [-0.4, -0.2) is 34.1 Å². The van der Waals surface area contributed by atoms with Crippen molar-refractivity contribution in [2.75, 3.05) is 19.6 Å². The molecule has 15 heavy (non-hydrogen) atoms. The molecule has 0 aromatic carbocycles. The molecule has 86 valence electrons. The van der Waals surface area contributed by atoms with E-state index in [2.05, 4.69) is 28.3 Å². The summed E-state index contributed by atoms with van der Waals surface area (Å²) in [6, 6.07) is 0. The average Bonchev–Trinajstić information content (AvgIpc) is 2.66. The molecule has 0 unspecified atom stereocenters. The molecule has 4 nitrogen and oxygen atoms in total. The van der Waals surface area contributed by atoms with Crippen LogP contribution >= 0.6 is 11.5 Å². The van der Waals surface area contributed by atoms with Gasteiger partial charge in [0, 0.05) is 19.6 Å². The highest BCUT2D eigenvalue weighted by Crippen LogP contribution is 2.14. The van der Waals surface area contributed by atoms with Gasteiger partial charge in [-0.05, 0) is 24.5 Å². The summed E-state index contributed by atoms with van der Waals surface area (Å²) in [7, 11) is 0. The normalized spacial score (nSPS) is 11.2. The van der Waals surface area contributed by atoms with Gasteiger partial charge in [0.1, 0.15) is 0 Å². The summed E-state index contributed by atoms with van der Waals surface area (Å²) in [5, 5.41) is 4.16. The fourth-order valence-corrected chi connectivity index (χ4v) is 2.23. The lowest BCUT2D eigenvalue weighted by Crippen LogP contribution is -2.28. The first-order valence-electron chi connectivity index (χ1n) is 5.54. The SMILES string of the molecule is CCCc1nnsc1CN(CC)CCN. The van der Waals surface area contributed by atoms with Crippen molar-refractivity contribution in [1.82, 2.24) is 14.5 Å². The molecule has 0 atom stereocenters. The molecule has 0 bridgehead atoms.